The van der Waals surface area contributed by atoms with E-state index in [2.05, 4.69) is 21.4 Å². The first-order valence-electron chi connectivity index (χ1n) is 11.7. The van der Waals surface area contributed by atoms with Crippen LogP contribution >= 0.6 is 11.8 Å². The number of nitriles is 1. The van der Waals surface area contributed by atoms with Crippen LogP contribution in [0.3, 0.4) is 0 Å². The third kappa shape index (κ3) is 5.80. The van der Waals surface area contributed by atoms with Crippen molar-refractivity contribution in [1.29, 1.82) is 5.26 Å². The molecular weight excluding hydrogens is 528 g/mol. The Morgan fingerprint density at radius 2 is 2.10 bits per heavy atom. The Hall–Kier alpha value is -4.57. The molecule has 3 heterocycles. The smallest absolute Gasteiger partial charge is 0.212 e. The van der Waals surface area contributed by atoms with Gasteiger partial charge in [0.05, 0.1) is 35.3 Å². The number of thioether (sulfide) groups is 1. The molecule has 1 fully saturated rings. The molecule has 3 aromatic rings. The summed E-state index contributed by atoms with van der Waals surface area (Å²) in [7, 11) is 0. The SMILES string of the molecule is CSc1ncccc1/N=C(\c1cc(F)c(-c2c(O)cccc2F)nc1NC=O)N1CCN(C=O)C(CC#N)C1. The molecule has 0 bridgehead atoms. The minimum atomic E-state index is -0.967. The third-order valence-corrected chi connectivity index (χ3v) is 6.80. The van der Waals surface area contributed by atoms with Crippen molar-refractivity contribution >= 4 is 41.9 Å². The number of piperazine rings is 1. The first kappa shape index (κ1) is 27.5. The molecule has 1 atom stereocenters. The Balaban J connectivity index is 1.92. The molecule has 1 saturated heterocycles. The highest BCUT2D eigenvalue weighted by molar-refractivity contribution is 7.98. The van der Waals surface area contributed by atoms with Gasteiger partial charge in [0.25, 0.3) is 0 Å². The lowest BCUT2D eigenvalue weighted by atomic mass is 10.0. The third-order valence-electron chi connectivity index (χ3n) is 6.10. The second-order valence-corrected chi connectivity index (χ2v) is 9.18. The summed E-state index contributed by atoms with van der Waals surface area (Å²) in [6.07, 6.45) is 4.50. The molecule has 0 spiro atoms. The van der Waals surface area contributed by atoms with Gasteiger partial charge in [-0.1, -0.05) is 6.07 Å². The highest BCUT2D eigenvalue weighted by atomic mass is 32.2. The van der Waals surface area contributed by atoms with Crippen LogP contribution < -0.4 is 5.32 Å². The number of pyridine rings is 2. The van der Waals surface area contributed by atoms with Gasteiger partial charge in [-0.2, -0.15) is 5.26 Å². The van der Waals surface area contributed by atoms with Crippen molar-refractivity contribution in [2.24, 2.45) is 4.99 Å². The van der Waals surface area contributed by atoms with E-state index in [1.54, 1.807) is 23.2 Å². The molecule has 2 amide bonds. The standard InChI is InChI=1S/C26H23F2N7O3S/c1-39-26-20(5-3-9-30-26)32-25(34-10-11-35(15-37)16(13-34)7-8-29)17-12-19(28)23(33-24(17)31-14-36)22-18(27)4-2-6-21(22)38/h2-6,9,12,14-16,38H,7,10-11,13H2,1H3,(H,31,33,36)/b32-25+. The van der Waals surface area contributed by atoms with E-state index in [0.717, 1.165) is 12.1 Å². The van der Waals surface area contributed by atoms with Gasteiger partial charge >= 0.3 is 0 Å². The Kier molecular flexibility index (Phi) is 8.67. The maximum atomic E-state index is 15.6. The highest BCUT2D eigenvalue weighted by Gasteiger charge is 2.31. The predicted octanol–water partition coefficient (Wildman–Crippen LogP) is 3.55. The number of aliphatic imine (C=N–C) groups is 1. The zero-order valence-corrected chi connectivity index (χ0v) is 21.5. The van der Waals surface area contributed by atoms with Gasteiger partial charge in [0, 0.05) is 25.8 Å². The summed E-state index contributed by atoms with van der Waals surface area (Å²) in [4.78, 5) is 39.7. The topological polar surface area (TPSA) is 135 Å². The zero-order chi connectivity index (χ0) is 27.9. The number of hydrogen-bond donors (Lipinski definition) is 2. The Morgan fingerprint density at radius 1 is 1.28 bits per heavy atom. The van der Waals surface area contributed by atoms with Crippen molar-refractivity contribution in [2.75, 3.05) is 31.2 Å². The molecule has 4 rings (SSSR count). The quantitative estimate of drug-likeness (QED) is 0.188. The number of benzene rings is 1. The molecular formula is C26H23F2N7O3S. The van der Waals surface area contributed by atoms with Gasteiger partial charge in [0.2, 0.25) is 12.8 Å². The van der Waals surface area contributed by atoms with Crippen molar-refractivity contribution in [3.05, 3.63) is 59.8 Å². The summed E-state index contributed by atoms with van der Waals surface area (Å²) in [5.41, 5.74) is -0.426. The molecule has 10 nitrogen and oxygen atoms in total. The van der Waals surface area contributed by atoms with Crippen LogP contribution in [0.5, 0.6) is 5.75 Å². The number of aromatic nitrogens is 2. The number of halogens is 2. The van der Waals surface area contributed by atoms with Crippen LogP contribution in [0.25, 0.3) is 11.3 Å². The number of amides is 2. The summed E-state index contributed by atoms with van der Waals surface area (Å²) in [5, 5.41) is 22.5. The normalized spacial score (nSPS) is 15.5. The van der Waals surface area contributed by atoms with E-state index in [-0.39, 0.29) is 43.3 Å². The number of phenols is 1. The zero-order valence-electron chi connectivity index (χ0n) is 20.7. The maximum Gasteiger partial charge on any atom is 0.212 e. The van der Waals surface area contributed by atoms with Crippen LogP contribution in [0.4, 0.5) is 20.3 Å². The van der Waals surface area contributed by atoms with E-state index in [9.17, 15) is 24.3 Å². The molecule has 1 aromatic carbocycles. The molecule has 2 aromatic heterocycles. The van der Waals surface area contributed by atoms with Crippen LogP contribution in [0.2, 0.25) is 0 Å². The highest BCUT2D eigenvalue weighted by Crippen LogP contribution is 2.35. The first-order chi connectivity index (χ1) is 18.9. The summed E-state index contributed by atoms with van der Waals surface area (Å²) in [6, 6.07) is 9.59. The van der Waals surface area contributed by atoms with Gasteiger partial charge < -0.3 is 20.2 Å². The Morgan fingerprint density at radius 3 is 2.79 bits per heavy atom. The minimum absolute atomic E-state index is 0.0586. The molecule has 39 heavy (non-hydrogen) atoms. The lowest BCUT2D eigenvalue weighted by molar-refractivity contribution is -0.121. The second kappa shape index (κ2) is 12.3. The minimum Gasteiger partial charge on any atom is -0.507 e. The monoisotopic (exact) mass is 551 g/mol. The average molecular weight is 552 g/mol. The molecule has 2 N–H and O–H groups in total. The molecule has 0 saturated carbocycles. The van der Waals surface area contributed by atoms with E-state index in [0.29, 0.717) is 23.5 Å². The molecule has 1 aliphatic heterocycles. The van der Waals surface area contributed by atoms with Crippen molar-refractivity contribution in [3.8, 4) is 23.1 Å². The van der Waals surface area contributed by atoms with Crippen molar-refractivity contribution in [2.45, 2.75) is 17.5 Å². The van der Waals surface area contributed by atoms with E-state index in [1.807, 2.05) is 6.26 Å². The number of rotatable bonds is 8. The first-order valence-corrected chi connectivity index (χ1v) is 12.9. The van der Waals surface area contributed by atoms with Crippen LogP contribution in [-0.4, -0.2) is 75.5 Å². The lowest BCUT2D eigenvalue weighted by Gasteiger charge is -2.40. The van der Waals surface area contributed by atoms with Crippen LogP contribution in [-0.2, 0) is 9.59 Å². The average Bonchev–Trinajstić information content (AvgIpc) is 2.93. The van der Waals surface area contributed by atoms with Gasteiger partial charge in [-0.05, 0) is 36.6 Å². The van der Waals surface area contributed by atoms with E-state index in [4.69, 9.17) is 4.99 Å². The number of nitrogens with zero attached hydrogens (tertiary/aromatic N) is 6. The van der Waals surface area contributed by atoms with Gasteiger partial charge in [-0.15, -0.1) is 11.8 Å². The second-order valence-electron chi connectivity index (χ2n) is 8.38. The van der Waals surface area contributed by atoms with E-state index in [1.165, 1.54) is 28.8 Å². The molecule has 13 heteroatoms. The van der Waals surface area contributed by atoms with Crippen molar-refractivity contribution in [3.63, 3.8) is 0 Å². The summed E-state index contributed by atoms with van der Waals surface area (Å²) < 4.78 is 30.2. The number of carbonyl (C=O) groups excluding carboxylic acids is 2. The fraction of sp³-hybridized carbons (Fsp3) is 0.231. The van der Waals surface area contributed by atoms with E-state index < -0.39 is 34.7 Å². The fourth-order valence-corrected chi connectivity index (χ4v) is 4.76. The summed E-state index contributed by atoms with van der Waals surface area (Å²) in [6.45, 7) is 0.745. The number of anilines is 1. The largest absolute Gasteiger partial charge is 0.507 e. The van der Waals surface area contributed by atoms with Crippen LogP contribution in [0.15, 0.2) is 52.6 Å². The molecule has 200 valence electrons. The molecule has 1 aliphatic rings. The number of hydrogen-bond acceptors (Lipinski definition) is 8. The van der Waals surface area contributed by atoms with Crippen molar-refractivity contribution < 1.29 is 23.5 Å². The van der Waals surface area contributed by atoms with E-state index >= 15 is 4.39 Å². The number of phenolic OH excluding ortho intramolecular Hbond substituents is 1. The predicted molar refractivity (Wildman–Crippen MR) is 142 cm³/mol. The van der Waals surface area contributed by atoms with Gasteiger partial charge in [-0.3, -0.25) is 9.59 Å². The Labute approximate surface area is 227 Å². The number of amidine groups is 1. The number of aromatic hydroxyl groups is 1. The van der Waals surface area contributed by atoms with Crippen LogP contribution in [0, 0.1) is 23.0 Å². The van der Waals surface area contributed by atoms with Gasteiger partial charge in [0.15, 0.2) is 5.82 Å². The number of nitrogens with one attached hydrogen (secondary N) is 1. The maximum absolute atomic E-state index is 15.6. The van der Waals surface area contributed by atoms with Gasteiger partial charge in [0.1, 0.15) is 33.9 Å². The lowest BCUT2D eigenvalue weighted by Crippen LogP contribution is -2.54. The molecule has 0 radical (unpaired) electrons. The molecule has 1 unspecified atom stereocenters. The Bertz CT molecular complexity index is 1440. The molecule has 0 aliphatic carbocycles. The fourth-order valence-electron chi connectivity index (χ4n) is 4.28. The summed E-state index contributed by atoms with van der Waals surface area (Å²) >= 11 is 1.35. The summed E-state index contributed by atoms with van der Waals surface area (Å²) in [5.74, 6) is -2.32. The van der Waals surface area contributed by atoms with Crippen LogP contribution in [0.1, 0.15) is 12.0 Å². The van der Waals surface area contributed by atoms with Crippen molar-refractivity contribution in [1.82, 2.24) is 19.8 Å². The van der Waals surface area contributed by atoms with Gasteiger partial charge in [-0.25, -0.2) is 23.7 Å². The number of carbonyl (C=O) groups is 2.